The first kappa shape index (κ1) is 13.6. The number of hydrogen-bond donors (Lipinski definition) is 2. The fraction of sp³-hybridized carbons (Fsp3) is 0.333. The zero-order chi connectivity index (χ0) is 13.9. The molecule has 0 radical (unpaired) electrons. The third-order valence-electron chi connectivity index (χ3n) is 3.52. The minimum absolute atomic E-state index is 0.418. The van der Waals surface area contributed by atoms with Gasteiger partial charge in [0, 0.05) is 22.7 Å². The second-order valence-corrected chi connectivity index (χ2v) is 6.80. The first-order chi connectivity index (χ1) is 9.74. The van der Waals surface area contributed by atoms with E-state index in [1.807, 2.05) is 42.1 Å². The van der Waals surface area contributed by atoms with Crippen LogP contribution in [0.4, 0.5) is 5.82 Å². The third kappa shape index (κ3) is 2.88. The van der Waals surface area contributed by atoms with E-state index in [2.05, 4.69) is 10.3 Å². The molecule has 104 valence electrons. The number of benzene rings is 1. The van der Waals surface area contributed by atoms with Crippen molar-refractivity contribution >= 4 is 45.7 Å². The summed E-state index contributed by atoms with van der Waals surface area (Å²) in [6, 6.07) is 9.92. The van der Waals surface area contributed by atoms with Crippen LogP contribution in [0.2, 0.25) is 0 Å². The van der Waals surface area contributed by atoms with Crippen molar-refractivity contribution in [3.05, 3.63) is 35.9 Å². The molecule has 1 saturated heterocycles. The van der Waals surface area contributed by atoms with Crippen molar-refractivity contribution in [3.63, 3.8) is 0 Å². The van der Waals surface area contributed by atoms with Gasteiger partial charge in [0.1, 0.15) is 10.8 Å². The summed E-state index contributed by atoms with van der Waals surface area (Å²) in [4.78, 5) is 5.06. The average Bonchev–Trinajstić information content (AvgIpc) is 2.97. The fourth-order valence-corrected chi connectivity index (χ4v) is 3.86. The van der Waals surface area contributed by atoms with Crippen LogP contribution in [-0.4, -0.2) is 27.5 Å². The summed E-state index contributed by atoms with van der Waals surface area (Å²) in [5.41, 5.74) is 7.66. The van der Waals surface area contributed by atoms with E-state index in [0.717, 1.165) is 28.8 Å². The van der Waals surface area contributed by atoms with Crippen molar-refractivity contribution in [1.82, 2.24) is 4.98 Å². The SMILES string of the molecule is NC(=S)c1cc(NCC2CCCS2)nc2ccccc12. The lowest BCUT2D eigenvalue weighted by atomic mass is 10.1. The van der Waals surface area contributed by atoms with Gasteiger partial charge in [-0.15, -0.1) is 0 Å². The Morgan fingerprint density at radius 1 is 1.45 bits per heavy atom. The third-order valence-corrected chi connectivity index (χ3v) is 5.13. The van der Waals surface area contributed by atoms with Crippen molar-refractivity contribution < 1.29 is 0 Å². The van der Waals surface area contributed by atoms with Crippen LogP contribution in [-0.2, 0) is 0 Å². The van der Waals surface area contributed by atoms with E-state index in [1.165, 1.54) is 18.6 Å². The molecule has 2 heterocycles. The molecule has 20 heavy (non-hydrogen) atoms. The van der Waals surface area contributed by atoms with Gasteiger partial charge in [0.25, 0.3) is 0 Å². The predicted octanol–water partition coefficient (Wildman–Crippen LogP) is 3.18. The van der Waals surface area contributed by atoms with Crippen molar-refractivity contribution in [2.24, 2.45) is 5.73 Å². The molecule has 3 nitrogen and oxygen atoms in total. The number of aromatic nitrogens is 1. The number of nitrogens with two attached hydrogens (primary N) is 1. The van der Waals surface area contributed by atoms with Gasteiger partial charge in [-0.3, -0.25) is 0 Å². The minimum Gasteiger partial charge on any atom is -0.389 e. The van der Waals surface area contributed by atoms with Gasteiger partial charge in [-0.25, -0.2) is 4.98 Å². The summed E-state index contributed by atoms with van der Waals surface area (Å²) < 4.78 is 0. The molecule has 1 fully saturated rings. The molecule has 0 aliphatic carbocycles. The second kappa shape index (κ2) is 5.97. The van der Waals surface area contributed by atoms with Crippen molar-refractivity contribution in [1.29, 1.82) is 0 Å². The van der Waals surface area contributed by atoms with Crippen LogP contribution in [0.1, 0.15) is 18.4 Å². The van der Waals surface area contributed by atoms with Crippen LogP contribution in [0.25, 0.3) is 10.9 Å². The van der Waals surface area contributed by atoms with Gasteiger partial charge in [-0.2, -0.15) is 11.8 Å². The molecule has 1 aliphatic rings. The number of para-hydroxylation sites is 1. The molecule has 1 aliphatic heterocycles. The molecule has 0 bridgehead atoms. The molecule has 0 spiro atoms. The van der Waals surface area contributed by atoms with Crippen molar-refractivity contribution in [3.8, 4) is 0 Å². The number of nitrogens with one attached hydrogen (secondary N) is 1. The molecule has 3 rings (SSSR count). The van der Waals surface area contributed by atoms with E-state index >= 15 is 0 Å². The maximum atomic E-state index is 5.84. The number of fused-ring (bicyclic) bond motifs is 1. The van der Waals surface area contributed by atoms with Gasteiger partial charge in [0.15, 0.2) is 0 Å². The van der Waals surface area contributed by atoms with Gasteiger partial charge in [-0.05, 0) is 30.7 Å². The summed E-state index contributed by atoms with van der Waals surface area (Å²) in [6.45, 7) is 0.951. The minimum atomic E-state index is 0.418. The number of pyridine rings is 1. The zero-order valence-corrected chi connectivity index (χ0v) is 12.8. The molecule has 3 N–H and O–H groups in total. The lowest BCUT2D eigenvalue weighted by Gasteiger charge is -2.13. The number of nitrogens with zero attached hydrogens (tertiary/aromatic N) is 1. The first-order valence-electron chi connectivity index (χ1n) is 6.79. The predicted molar refractivity (Wildman–Crippen MR) is 91.6 cm³/mol. The quantitative estimate of drug-likeness (QED) is 0.850. The second-order valence-electron chi connectivity index (χ2n) is 4.95. The normalized spacial score (nSPS) is 18.3. The van der Waals surface area contributed by atoms with Crippen LogP contribution in [0.15, 0.2) is 30.3 Å². The number of anilines is 1. The van der Waals surface area contributed by atoms with E-state index < -0.39 is 0 Å². The maximum absolute atomic E-state index is 5.84. The lowest BCUT2D eigenvalue weighted by molar-refractivity contribution is 0.804. The largest absolute Gasteiger partial charge is 0.389 e. The molecule has 1 atom stereocenters. The fourth-order valence-electron chi connectivity index (χ4n) is 2.49. The Morgan fingerprint density at radius 3 is 3.05 bits per heavy atom. The summed E-state index contributed by atoms with van der Waals surface area (Å²) in [6.07, 6.45) is 2.60. The van der Waals surface area contributed by atoms with Crippen molar-refractivity contribution in [2.45, 2.75) is 18.1 Å². The van der Waals surface area contributed by atoms with Crippen LogP contribution >= 0.6 is 24.0 Å². The summed E-state index contributed by atoms with van der Waals surface area (Å²) >= 11 is 7.19. The Bertz CT molecular complexity index is 636. The zero-order valence-electron chi connectivity index (χ0n) is 11.1. The highest BCUT2D eigenvalue weighted by molar-refractivity contribution is 8.00. The first-order valence-corrected chi connectivity index (χ1v) is 8.25. The Morgan fingerprint density at radius 2 is 2.30 bits per heavy atom. The molecule has 1 aromatic carbocycles. The highest BCUT2D eigenvalue weighted by Gasteiger charge is 2.15. The topological polar surface area (TPSA) is 50.9 Å². The number of hydrogen-bond acceptors (Lipinski definition) is 4. The van der Waals surface area contributed by atoms with Gasteiger partial charge >= 0.3 is 0 Å². The summed E-state index contributed by atoms with van der Waals surface area (Å²) in [7, 11) is 0. The van der Waals surface area contributed by atoms with Gasteiger partial charge in [0.05, 0.1) is 5.52 Å². The van der Waals surface area contributed by atoms with Crippen LogP contribution in [0.3, 0.4) is 0 Å². The van der Waals surface area contributed by atoms with E-state index in [1.54, 1.807) is 0 Å². The highest BCUT2D eigenvalue weighted by Crippen LogP contribution is 2.27. The molecular formula is C15H17N3S2. The molecule has 0 amide bonds. The van der Waals surface area contributed by atoms with Gasteiger partial charge < -0.3 is 11.1 Å². The molecule has 1 unspecified atom stereocenters. The monoisotopic (exact) mass is 303 g/mol. The molecule has 1 aromatic heterocycles. The molecule has 0 saturated carbocycles. The Kier molecular flexibility index (Phi) is 4.08. The Balaban J connectivity index is 1.88. The Hall–Kier alpha value is -1.33. The highest BCUT2D eigenvalue weighted by atomic mass is 32.2. The average molecular weight is 303 g/mol. The lowest BCUT2D eigenvalue weighted by Crippen LogP contribution is -2.16. The van der Waals surface area contributed by atoms with E-state index in [-0.39, 0.29) is 0 Å². The molecule has 2 aromatic rings. The van der Waals surface area contributed by atoms with E-state index in [9.17, 15) is 0 Å². The summed E-state index contributed by atoms with van der Waals surface area (Å²) in [5.74, 6) is 2.13. The van der Waals surface area contributed by atoms with Gasteiger partial charge in [-0.1, -0.05) is 30.4 Å². The number of thiocarbonyl (C=S) groups is 1. The van der Waals surface area contributed by atoms with Crippen LogP contribution in [0, 0.1) is 0 Å². The van der Waals surface area contributed by atoms with E-state index in [0.29, 0.717) is 10.2 Å². The van der Waals surface area contributed by atoms with Crippen LogP contribution in [0.5, 0.6) is 0 Å². The smallest absolute Gasteiger partial charge is 0.127 e. The van der Waals surface area contributed by atoms with Crippen molar-refractivity contribution in [2.75, 3.05) is 17.6 Å². The molecular weight excluding hydrogens is 286 g/mol. The standard InChI is InChI=1S/C15H17N3S2/c16-15(19)12-8-14(17-9-10-4-3-7-20-10)18-13-6-2-1-5-11(12)13/h1-2,5-6,8,10H,3-4,7,9H2,(H2,16,19)(H,17,18). The summed E-state index contributed by atoms with van der Waals surface area (Å²) in [5, 5.41) is 5.13. The number of rotatable bonds is 4. The number of thioether (sulfide) groups is 1. The van der Waals surface area contributed by atoms with Crippen LogP contribution < -0.4 is 11.1 Å². The maximum Gasteiger partial charge on any atom is 0.127 e. The Labute approximate surface area is 128 Å². The van der Waals surface area contributed by atoms with Gasteiger partial charge in [0.2, 0.25) is 0 Å². The van der Waals surface area contributed by atoms with E-state index in [4.69, 9.17) is 18.0 Å². The molecule has 5 heteroatoms.